The van der Waals surface area contributed by atoms with Crippen molar-refractivity contribution < 1.29 is 4.74 Å². The standard InChI is InChI=1S/C22H31N5O/c1-2-6-19(5-1)28-20-7-3-4-17(14-20)15-26-12-13-27-21(16-26)24-25-22(27)18-8-10-23-11-9-18/h3-4,7,14,18-19,23H,1-2,5-6,8-13,15-16H2. The van der Waals surface area contributed by atoms with E-state index in [0.29, 0.717) is 12.0 Å². The van der Waals surface area contributed by atoms with E-state index in [9.17, 15) is 0 Å². The lowest BCUT2D eigenvalue weighted by molar-refractivity contribution is 0.201. The Morgan fingerprint density at radius 2 is 1.89 bits per heavy atom. The van der Waals surface area contributed by atoms with Crippen LogP contribution in [0.4, 0.5) is 0 Å². The lowest BCUT2D eigenvalue weighted by Crippen LogP contribution is -2.35. The van der Waals surface area contributed by atoms with Gasteiger partial charge in [-0.05, 0) is 69.3 Å². The van der Waals surface area contributed by atoms with E-state index in [-0.39, 0.29) is 0 Å². The highest BCUT2D eigenvalue weighted by molar-refractivity contribution is 5.29. The molecule has 1 aromatic carbocycles. The fraction of sp³-hybridized carbons (Fsp3) is 0.636. The number of hydrogen-bond donors (Lipinski definition) is 1. The summed E-state index contributed by atoms with van der Waals surface area (Å²) in [4.78, 5) is 2.48. The Morgan fingerprint density at radius 1 is 1.04 bits per heavy atom. The highest BCUT2D eigenvalue weighted by atomic mass is 16.5. The molecular weight excluding hydrogens is 350 g/mol. The van der Waals surface area contributed by atoms with Gasteiger partial charge in [-0.15, -0.1) is 10.2 Å². The maximum Gasteiger partial charge on any atom is 0.147 e. The predicted molar refractivity (Wildman–Crippen MR) is 108 cm³/mol. The molecule has 1 saturated heterocycles. The molecule has 1 aliphatic carbocycles. The molecule has 0 unspecified atom stereocenters. The fourth-order valence-corrected chi connectivity index (χ4v) is 4.92. The van der Waals surface area contributed by atoms with E-state index in [2.05, 4.69) is 49.2 Å². The van der Waals surface area contributed by atoms with E-state index < -0.39 is 0 Å². The molecule has 1 saturated carbocycles. The average Bonchev–Trinajstić information content (AvgIpc) is 3.38. The normalized spacial score (nSPS) is 21.7. The number of hydrogen-bond acceptors (Lipinski definition) is 5. The van der Waals surface area contributed by atoms with E-state index in [1.165, 1.54) is 49.9 Å². The SMILES string of the molecule is c1cc(CN2CCn3c(nnc3C3CCNCC3)C2)cc(OC2CCCC2)c1. The van der Waals surface area contributed by atoms with Crippen molar-refractivity contribution >= 4 is 0 Å². The summed E-state index contributed by atoms with van der Waals surface area (Å²) in [6, 6.07) is 8.65. The third-order valence-corrected chi connectivity index (χ3v) is 6.47. The molecule has 0 atom stereocenters. The van der Waals surface area contributed by atoms with Crippen molar-refractivity contribution in [3.63, 3.8) is 0 Å². The molecule has 6 nitrogen and oxygen atoms in total. The van der Waals surface area contributed by atoms with Crippen molar-refractivity contribution in [2.75, 3.05) is 19.6 Å². The first-order valence-corrected chi connectivity index (χ1v) is 11.0. The Hall–Kier alpha value is -1.92. The molecule has 0 amide bonds. The minimum absolute atomic E-state index is 0.414. The van der Waals surface area contributed by atoms with Crippen molar-refractivity contribution in [2.45, 2.75) is 70.2 Å². The third kappa shape index (κ3) is 3.94. The minimum Gasteiger partial charge on any atom is -0.490 e. The molecule has 2 fully saturated rings. The van der Waals surface area contributed by atoms with Gasteiger partial charge in [-0.1, -0.05) is 12.1 Å². The molecular formula is C22H31N5O. The second-order valence-corrected chi connectivity index (χ2v) is 8.53. The molecule has 28 heavy (non-hydrogen) atoms. The smallest absolute Gasteiger partial charge is 0.147 e. The van der Waals surface area contributed by atoms with Crippen LogP contribution >= 0.6 is 0 Å². The van der Waals surface area contributed by atoms with Gasteiger partial charge in [0.2, 0.25) is 0 Å². The van der Waals surface area contributed by atoms with E-state index >= 15 is 0 Å². The zero-order valence-electron chi connectivity index (χ0n) is 16.6. The Morgan fingerprint density at radius 3 is 2.75 bits per heavy atom. The van der Waals surface area contributed by atoms with Crippen molar-refractivity contribution in [3.05, 3.63) is 41.5 Å². The van der Waals surface area contributed by atoms with Gasteiger partial charge in [-0.2, -0.15) is 0 Å². The van der Waals surface area contributed by atoms with Gasteiger partial charge >= 0.3 is 0 Å². The second-order valence-electron chi connectivity index (χ2n) is 8.53. The van der Waals surface area contributed by atoms with Gasteiger partial charge in [0.1, 0.15) is 17.4 Å². The zero-order chi connectivity index (χ0) is 18.8. The maximum absolute atomic E-state index is 6.18. The van der Waals surface area contributed by atoms with Crippen molar-refractivity contribution in [1.82, 2.24) is 25.0 Å². The van der Waals surface area contributed by atoms with Gasteiger partial charge in [-0.3, -0.25) is 4.90 Å². The average molecular weight is 382 g/mol. The molecule has 6 heteroatoms. The minimum atomic E-state index is 0.414. The molecule has 3 heterocycles. The first-order valence-electron chi connectivity index (χ1n) is 11.0. The first kappa shape index (κ1) is 18.1. The number of ether oxygens (including phenoxy) is 1. The van der Waals surface area contributed by atoms with E-state index in [4.69, 9.17) is 4.74 Å². The van der Waals surface area contributed by atoms with Crippen LogP contribution in [0.1, 0.15) is 61.7 Å². The summed E-state index contributed by atoms with van der Waals surface area (Å²) in [6.07, 6.45) is 7.77. The largest absolute Gasteiger partial charge is 0.490 e. The summed E-state index contributed by atoms with van der Waals surface area (Å²) in [6.45, 7) is 6.07. The first-order chi connectivity index (χ1) is 13.8. The molecule has 1 N–H and O–H groups in total. The summed E-state index contributed by atoms with van der Waals surface area (Å²) in [5.41, 5.74) is 1.32. The van der Waals surface area contributed by atoms with Crippen LogP contribution < -0.4 is 10.1 Å². The van der Waals surface area contributed by atoms with Crippen LogP contribution in [0.2, 0.25) is 0 Å². The van der Waals surface area contributed by atoms with Crippen LogP contribution in [0.3, 0.4) is 0 Å². The molecule has 3 aliphatic rings. The van der Waals surface area contributed by atoms with Crippen LogP contribution in [-0.4, -0.2) is 45.4 Å². The molecule has 150 valence electrons. The molecule has 2 aliphatic heterocycles. The van der Waals surface area contributed by atoms with Gasteiger partial charge in [0, 0.05) is 25.6 Å². The molecule has 0 spiro atoms. The molecule has 0 radical (unpaired) electrons. The van der Waals surface area contributed by atoms with Gasteiger partial charge in [0.05, 0.1) is 12.6 Å². The summed E-state index contributed by atoms with van der Waals surface area (Å²) in [5.74, 6) is 3.93. The highest BCUT2D eigenvalue weighted by Crippen LogP contribution is 2.27. The number of benzene rings is 1. The van der Waals surface area contributed by atoms with Gasteiger partial charge in [0.25, 0.3) is 0 Å². The Bertz CT molecular complexity index is 792. The number of piperidine rings is 1. The lowest BCUT2D eigenvalue weighted by atomic mass is 9.97. The van der Waals surface area contributed by atoms with Crippen molar-refractivity contribution in [3.8, 4) is 5.75 Å². The zero-order valence-corrected chi connectivity index (χ0v) is 16.6. The summed E-state index contributed by atoms with van der Waals surface area (Å²) in [5, 5.41) is 12.6. The number of nitrogens with one attached hydrogen (secondary N) is 1. The predicted octanol–water partition coefficient (Wildman–Crippen LogP) is 3.08. The number of nitrogens with zero attached hydrogens (tertiary/aromatic N) is 4. The van der Waals surface area contributed by atoms with Gasteiger partial charge in [0.15, 0.2) is 0 Å². The van der Waals surface area contributed by atoms with Crippen LogP contribution in [-0.2, 0) is 19.6 Å². The van der Waals surface area contributed by atoms with E-state index in [0.717, 1.165) is 50.8 Å². The quantitative estimate of drug-likeness (QED) is 0.863. The van der Waals surface area contributed by atoms with Crippen molar-refractivity contribution in [1.29, 1.82) is 0 Å². The Balaban J connectivity index is 1.23. The number of aromatic nitrogens is 3. The van der Waals surface area contributed by atoms with E-state index in [1.54, 1.807) is 0 Å². The van der Waals surface area contributed by atoms with Crippen LogP contribution in [0.15, 0.2) is 24.3 Å². The molecule has 5 rings (SSSR count). The topological polar surface area (TPSA) is 55.2 Å². The molecule has 1 aromatic heterocycles. The summed E-state index contributed by atoms with van der Waals surface area (Å²) >= 11 is 0. The highest BCUT2D eigenvalue weighted by Gasteiger charge is 2.26. The maximum atomic E-state index is 6.18. The van der Waals surface area contributed by atoms with Crippen molar-refractivity contribution in [2.24, 2.45) is 0 Å². The Labute approximate surface area is 167 Å². The second kappa shape index (κ2) is 8.21. The lowest BCUT2D eigenvalue weighted by Gasteiger charge is -2.29. The molecule has 0 bridgehead atoms. The number of fused-ring (bicyclic) bond motifs is 1. The summed E-state index contributed by atoms with van der Waals surface area (Å²) < 4.78 is 8.56. The molecule has 2 aromatic rings. The van der Waals surface area contributed by atoms with Crippen LogP contribution in [0, 0.1) is 0 Å². The van der Waals surface area contributed by atoms with Crippen LogP contribution in [0.25, 0.3) is 0 Å². The van der Waals surface area contributed by atoms with Gasteiger partial charge < -0.3 is 14.6 Å². The third-order valence-electron chi connectivity index (χ3n) is 6.47. The van der Waals surface area contributed by atoms with Crippen LogP contribution in [0.5, 0.6) is 5.75 Å². The summed E-state index contributed by atoms with van der Waals surface area (Å²) in [7, 11) is 0. The monoisotopic (exact) mass is 381 g/mol. The fourth-order valence-electron chi connectivity index (χ4n) is 4.92. The van der Waals surface area contributed by atoms with E-state index in [1.807, 2.05) is 0 Å². The number of rotatable bonds is 5. The van der Waals surface area contributed by atoms with Gasteiger partial charge in [-0.25, -0.2) is 0 Å². The Kier molecular flexibility index (Phi) is 5.32.